The van der Waals surface area contributed by atoms with Crippen molar-refractivity contribution < 1.29 is 22.3 Å². The van der Waals surface area contributed by atoms with E-state index >= 15 is 0 Å². The van der Waals surface area contributed by atoms with Crippen LogP contribution in [0.4, 0.5) is 8.78 Å². The molecule has 0 saturated heterocycles. The fraction of sp³-hybridized carbons (Fsp3) is 0.308. The maximum Gasteiger partial charge on any atom is 0.159 e. The lowest BCUT2D eigenvalue weighted by Crippen LogP contribution is -2.18. The van der Waals surface area contributed by atoms with E-state index in [1.54, 1.807) is 12.3 Å². The van der Waals surface area contributed by atoms with Crippen LogP contribution >= 0.6 is 11.3 Å². The second-order valence-corrected chi connectivity index (χ2v) is 7.64. The van der Waals surface area contributed by atoms with Crippen LogP contribution in [0.25, 0.3) is 0 Å². The van der Waals surface area contributed by atoms with Crippen LogP contribution in [-0.4, -0.2) is 24.3 Å². The lowest BCUT2D eigenvalue weighted by molar-refractivity contribution is 0.191. The van der Waals surface area contributed by atoms with Gasteiger partial charge in [0, 0.05) is 11.1 Å². The van der Waals surface area contributed by atoms with Gasteiger partial charge in [-0.3, -0.25) is 0 Å². The van der Waals surface area contributed by atoms with Gasteiger partial charge in [0.15, 0.2) is 9.84 Å². The van der Waals surface area contributed by atoms with Crippen LogP contribution in [0.3, 0.4) is 0 Å². The molecular weight excluding hydrogens is 320 g/mol. The highest BCUT2D eigenvalue weighted by Crippen LogP contribution is 2.23. The first-order valence-electron chi connectivity index (χ1n) is 6.02. The number of aromatic nitrogens is 1. The fourth-order valence-corrected chi connectivity index (χ4v) is 4.44. The molecular formula is C13H13F2NO3S2. The van der Waals surface area contributed by atoms with Crippen molar-refractivity contribution in [3.8, 4) is 0 Å². The predicted molar refractivity (Wildman–Crippen MR) is 75.7 cm³/mol. The van der Waals surface area contributed by atoms with Crippen LogP contribution in [0.1, 0.15) is 22.4 Å². The van der Waals surface area contributed by atoms with Crippen LogP contribution in [0, 0.1) is 18.6 Å². The number of benzene rings is 1. The van der Waals surface area contributed by atoms with Crippen molar-refractivity contribution in [3.63, 3.8) is 0 Å². The molecule has 114 valence electrons. The van der Waals surface area contributed by atoms with Gasteiger partial charge in [0.25, 0.3) is 0 Å². The van der Waals surface area contributed by atoms with Gasteiger partial charge in [-0.15, -0.1) is 11.3 Å². The van der Waals surface area contributed by atoms with Crippen LogP contribution in [-0.2, 0) is 15.6 Å². The van der Waals surface area contributed by atoms with Crippen molar-refractivity contribution in [2.75, 3.05) is 5.75 Å². The minimum atomic E-state index is -3.74. The smallest absolute Gasteiger partial charge is 0.159 e. The summed E-state index contributed by atoms with van der Waals surface area (Å²) in [6.45, 7) is 1.73. The second-order valence-electron chi connectivity index (χ2n) is 4.59. The number of aryl methyl sites for hydroxylation is 1. The SMILES string of the molecule is Cc1csc(CS(=O)(=O)CC(O)c2c(F)cccc2F)n1. The summed E-state index contributed by atoms with van der Waals surface area (Å²) in [5.74, 6) is -3.06. The number of halogens is 2. The van der Waals surface area contributed by atoms with Crippen LogP contribution in [0.2, 0.25) is 0 Å². The molecule has 0 saturated carbocycles. The van der Waals surface area contributed by atoms with Gasteiger partial charge in [-0.05, 0) is 19.1 Å². The third-order valence-electron chi connectivity index (χ3n) is 2.75. The van der Waals surface area contributed by atoms with Gasteiger partial charge in [0.1, 0.15) is 22.4 Å². The molecule has 0 aliphatic heterocycles. The van der Waals surface area contributed by atoms with Gasteiger partial charge < -0.3 is 5.11 Å². The summed E-state index contributed by atoms with van der Waals surface area (Å²) in [6, 6.07) is 3.09. The van der Waals surface area contributed by atoms with Crippen molar-refractivity contribution >= 4 is 21.2 Å². The van der Waals surface area contributed by atoms with Gasteiger partial charge in [-0.1, -0.05) is 6.07 Å². The van der Waals surface area contributed by atoms with Gasteiger partial charge in [-0.25, -0.2) is 22.2 Å². The summed E-state index contributed by atoms with van der Waals surface area (Å²) < 4.78 is 51.0. The molecule has 21 heavy (non-hydrogen) atoms. The molecule has 1 N–H and O–H groups in total. The number of rotatable bonds is 5. The zero-order valence-electron chi connectivity index (χ0n) is 11.1. The van der Waals surface area contributed by atoms with Gasteiger partial charge in [-0.2, -0.15) is 0 Å². The van der Waals surface area contributed by atoms with E-state index in [4.69, 9.17) is 0 Å². The Hall–Kier alpha value is -1.38. The topological polar surface area (TPSA) is 67.3 Å². The lowest BCUT2D eigenvalue weighted by Gasteiger charge is -2.12. The summed E-state index contributed by atoms with van der Waals surface area (Å²) in [5, 5.41) is 11.9. The maximum absolute atomic E-state index is 13.5. The average molecular weight is 333 g/mol. The molecule has 1 unspecified atom stereocenters. The normalized spacial score (nSPS) is 13.3. The number of thiazole rings is 1. The highest BCUT2D eigenvalue weighted by atomic mass is 32.2. The zero-order chi connectivity index (χ0) is 15.6. The van der Waals surface area contributed by atoms with Gasteiger partial charge in [0.05, 0.1) is 17.4 Å². The quantitative estimate of drug-likeness (QED) is 0.912. The summed E-state index contributed by atoms with van der Waals surface area (Å²) in [4.78, 5) is 4.02. The van der Waals surface area contributed by atoms with E-state index in [1.165, 1.54) is 11.3 Å². The predicted octanol–water partition coefficient (Wildman–Crippen LogP) is 2.38. The largest absolute Gasteiger partial charge is 0.387 e. The Balaban J connectivity index is 2.16. The summed E-state index contributed by atoms with van der Waals surface area (Å²) in [6.07, 6.45) is -1.75. The monoisotopic (exact) mass is 333 g/mol. The number of nitrogens with zero attached hydrogens (tertiary/aromatic N) is 1. The zero-order valence-corrected chi connectivity index (χ0v) is 12.7. The van der Waals surface area contributed by atoms with Crippen LogP contribution in [0.5, 0.6) is 0 Å². The molecule has 0 aliphatic rings. The van der Waals surface area contributed by atoms with Gasteiger partial charge >= 0.3 is 0 Å². The third-order valence-corrected chi connectivity index (χ3v) is 5.44. The molecule has 4 nitrogen and oxygen atoms in total. The minimum absolute atomic E-state index is 0.362. The van der Waals surface area contributed by atoms with E-state index in [0.717, 1.165) is 18.2 Å². The Morgan fingerprint density at radius 2 is 1.95 bits per heavy atom. The van der Waals surface area contributed by atoms with E-state index < -0.39 is 38.9 Å². The Morgan fingerprint density at radius 3 is 2.48 bits per heavy atom. The molecule has 0 radical (unpaired) electrons. The second kappa shape index (κ2) is 6.17. The van der Waals surface area contributed by atoms with E-state index in [1.807, 2.05) is 0 Å². The van der Waals surface area contributed by atoms with Gasteiger partial charge in [0.2, 0.25) is 0 Å². The first-order chi connectivity index (χ1) is 9.78. The van der Waals surface area contributed by atoms with Crippen LogP contribution in [0.15, 0.2) is 23.6 Å². The third kappa shape index (κ3) is 4.05. The number of hydrogen-bond acceptors (Lipinski definition) is 5. The molecule has 0 amide bonds. The molecule has 1 heterocycles. The number of hydrogen-bond donors (Lipinski definition) is 1. The lowest BCUT2D eigenvalue weighted by atomic mass is 10.1. The first kappa shape index (κ1) is 16.0. The molecule has 1 aromatic carbocycles. The molecule has 0 fully saturated rings. The Morgan fingerprint density at radius 1 is 1.33 bits per heavy atom. The maximum atomic E-state index is 13.5. The standard InChI is InChI=1S/C13H13F2NO3S2/c1-8-5-20-12(16-8)7-21(18,19)6-11(17)13-9(14)3-2-4-10(13)15/h2-5,11,17H,6-7H2,1H3. The Labute approximate surface area is 125 Å². The van der Waals surface area contributed by atoms with Crippen molar-refractivity contribution in [2.45, 2.75) is 18.8 Å². The average Bonchev–Trinajstić information content (AvgIpc) is 2.72. The minimum Gasteiger partial charge on any atom is -0.387 e. The Bertz CT molecular complexity index is 723. The van der Waals surface area contributed by atoms with E-state index in [2.05, 4.69) is 4.98 Å². The Kier molecular flexibility index (Phi) is 4.70. The molecule has 0 aliphatic carbocycles. The molecule has 8 heteroatoms. The molecule has 1 aromatic heterocycles. The van der Waals surface area contributed by atoms with E-state index in [9.17, 15) is 22.3 Å². The molecule has 0 bridgehead atoms. The number of aliphatic hydroxyl groups is 1. The van der Waals surface area contributed by atoms with Crippen molar-refractivity contribution in [2.24, 2.45) is 0 Å². The highest BCUT2D eigenvalue weighted by molar-refractivity contribution is 7.90. The van der Waals surface area contributed by atoms with Crippen LogP contribution < -0.4 is 0 Å². The molecule has 1 atom stereocenters. The van der Waals surface area contributed by atoms with Crippen molar-refractivity contribution in [1.82, 2.24) is 4.98 Å². The molecule has 2 aromatic rings. The van der Waals surface area contributed by atoms with E-state index in [0.29, 0.717) is 10.7 Å². The number of sulfone groups is 1. The molecule has 2 rings (SSSR count). The van der Waals surface area contributed by atoms with E-state index in [-0.39, 0.29) is 5.75 Å². The number of aliphatic hydroxyl groups excluding tert-OH is 1. The summed E-state index contributed by atoms with van der Waals surface area (Å²) in [5.41, 5.74) is 0.0716. The summed E-state index contributed by atoms with van der Waals surface area (Å²) in [7, 11) is -3.74. The first-order valence-corrected chi connectivity index (χ1v) is 8.72. The highest BCUT2D eigenvalue weighted by Gasteiger charge is 2.25. The van der Waals surface area contributed by atoms with Crippen molar-refractivity contribution in [3.05, 3.63) is 51.5 Å². The summed E-state index contributed by atoms with van der Waals surface area (Å²) >= 11 is 1.19. The fourth-order valence-electron chi connectivity index (χ4n) is 1.87. The van der Waals surface area contributed by atoms with Crippen molar-refractivity contribution in [1.29, 1.82) is 0 Å². The molecule has 0 spiro atoms.